The molecule has 6 heteroatoms. The predicted molar refractivity (Wildman–Crippen MR) is 118 cm³/mol. The van der Waals surface area contributed by atoms with Crippen molar-refractivity contribution in [1.82, 2.24) is 4.98 Å². The van der Waals surface area contributed by atoms with Gasteiger partial charge in [-0.15, -0.1) is 0 Å². The second kappa shape index (κ2) is 8.19. The molecule has 1 saturated carbocycles. The normalized spacial score (nSPS) is 25.3. The largest absolute Gasteiger partial charge is 0.488 e. The van der Waals surface area contributed by atoms with E-state index >= 15 is 0 Å². The average molecular weight is 418 g/mol. The van der Waals surface area contributed by atoms with Crippen LogP contribution in [0.1, 0.15) is 23.2 Å². The van der Waals surface area contributed by atoms with E-state index in [0.29, 0.717) is 29.6 Å². The van der Waals surface area contributed by atoms with E-state index in [-0.39, 0.29) is 6.10 Å². The third-order valence-electron chi connectivity index (χ3n) is 6.54. The number of benzene rings is 2. The number of carbonyl (C=O) groups excluding carboxylic acids is 1. The first-order valence-corrected chi connectivity index (χ1v) is 10.7. The number of anilines is 1. The molecule has 1 saturated heterocycles. The molecule has 5 rings (SSSR count). The summed E-state index contributed by atoms with van der Waals surface area (Å²) < 4.78 is 10.9. The molecule has 0 spiro atoms. The van der Waals surface area contributed by atoms with Gasteiger partial charge in [0.15, 0.2) is 0 Å². The average Bonchev–Trinajstić information content (AvgIpc) is 3.21. The number of aromatic nitrogens is 1. The lowest BCUT2D eigenvalue weighted by molar-refractivity contribution is -0.0231. The molecule has 160 valence electrons. The number of rotatable bonds is 4. The van der Waals surface area contributed by atoms with E-state index in [1.807, 2.05) is 24.3 Å². The van der Waals surface area contributed by atoms with Gasteiger partial charge in [-0.25, -0.2) is 9.78 Å². The van der Waals surface area contributed by atoms with Gasteiger partial charge < -0.3 is 19.5 Å². The molecule has 2 aliphatic rings. The Balaban J connectivity index is 1.29. The zero-order valence-corrected chi connectivity index (χ0v) is 17.5. The molecule has 0 bridgehead atoms. The van der Waals surface area contributed by atoms with E-state index in [1.54, 1.807) is 18.2 Å². The fraction of sp³-hybridized carbons (Fsp3) is 0.360. The molecule has 6 nitrogen and oxygen atoms in total. The van der Waals surface area contributed by atoms with Crippen LogP contribution in [0.2, 0.25) is 0 Å². The highest BCUT2D eigenvalue weighted by Crippen LogP contribution is 2.39. The lowest BCUT2D eigenvalue weighted by atomic mass is 9.78. The maximum absolute atomic E-state index is 11.8. The second-order valence-corrected chi connectivity index (χ2v) is 8.50. The maximum atomic E-state index is 11.8. The van der Waals surface area contributed by atoms with E-state index in [1.165, 1.54) is 7.11 Å². The second-order valence-electron chi connectivity index (χ2n) is 8.50. The highest BCUT2D eigenvalue weighted by atomic mass is 16.5. The summed E-state index contributed by atoms with van der Waals surface area (Å²) in [6.07, 6.45) is 0.653. The Morgan fingerprint density at radius 3 is 2.68 bits per heavy atom. The molecule has 1 aliphatic carbocycles. The molecular formula is C25H26N2O4. The van der Waals surface area contributed by atoms with E-state index in [9.17, 15) is 9.90 Å². The van der Waals surface area contributed by atoms with Gasteiger partial charge in [-0.1, -0.05) is 24.3 Å². The van der Waals surface area contributed by atoms with Gasteiger partial charge in [0, 0.05) is 18.5 Å². The summed E-state index contributed by atoms with van der Waals surface area (Å²) >= 11 is 0. The lowest BCUT2D eigenvalue weighted by Crippen LogP contribution is -2.42. The molecule has 31 heavy (non-hydrogen) atoms. The van der Waals surface area contributed by atoms with Crippen LogP contribution in [0.25, 0.3) is 10.9 Å². The number of fused-ring (bicyclic) bond motifs is 2. The Hall–Kier alpha value is -3.12. The minimum Gasteiger partial charge on any atom is -0.488 e. The van der Waals surface area contributed by atoms with Crippen molar-refractivity contribution in [1.29, 1.82) is 0 Å². The van der Waals surface area contributed by atoms with Gasteiger partial charge in [0.25, 0.3) is 0 Å². The van der Waals surface area contributed by atoms with Crippen molar-refractivity contribution in [3.05, 3.63) is 66.2 Å². The summed E-state index contributed by atoms with van der Waals surface area (Å²) in [6, 6.07) is 19.3. The first-order valence-electron chi connectivity index (χ1n) is 10.7. The molecule has 4 atom stereocenters. The summed E-state index contributed by atoms with van der Waals surface area (Å²) in [7, 11) is 1.36. The van der Waals surface area contributed by atoms with E-state index in [4.69, 9.17) is 14.5 Å². The van der Waals surface area contributed by atoms with Crippen LogP contribution in [-0.4, -0.2) is 48.5 Å². The summed E-state index contributed by atoms with van der Waals surface area (Å²) in [5, 5.41) is 11.9. The number of hydrogen-bond donors (Lipinski definition) is 1. The third kappa shape index (κ3) is 3.95. The van der Waals surface area contributed by atoms with E-state index < -0.39 is 12.1 Å². The highest BCUT2D eigenvalue weighted by molar-refractivity contribution is 5.89. The molecule has 1 aliphatic heterocycles. The molecule has 1 N–H and O–H groups in total. The van der Waals surface area contributed by atoms with Gasteiger partial charge in [-0.2, -0.15) is 0 Å². The summed E-state index contributed by atoms with van der Waals surface area (Å²) in [5.41, 5.74) is 1.44. The predicted octanol–water partition coefficient (Wildman–Crippen LogP) is 3.68. The summed E-state index contributed by atoms with van der Waals surface area (Å²) in [6.45, 7) is 1.81. The fourth-order valence-electron chi connectivity index (χ4n) is 4.92. The minimum atomic E-state index is -0.535. The Morgan fingerprint density at radius 1 is 1.03 bits per heavy atom. The molecule has 3 aromatic rings. The number of aliphatic hydroxyl groups is 1. The van der Waals surface area contributed by atoms with Crippen molar-refractivity contribution in [3.8, 4) is 5.75 Å². The van der Waals surface area contributed by atoms with Crippen molar-refractivity contribution in [2.24, 2.45) is 11.8 Å². The van der Waals surface area contributed by atoms with Crippen LogP contribution >= 0.6 is 0 Å². The highest BCUT2D eigenvalue weighted by Gasteiger charge is 2.43. The van der Waals surface area contributed by atoms with Gasteiger partial charge in [0.05, 0.1) is 24.3 Å². The summed E-state index contributed by atoms with van der Waals surface area (Å²) in [4.78, 5) is 19.0. The Morgan fingerprint density at radius 2 is 1.84 bits per heavy atom. The van der Waals surface area contributed by atoms with Crippen LogP contribution in [0.4, 0.5) is 5.82 Å². The van der Waals surface area contributed by atoms with Crippen LogP contribution in [0.15, 0.2) is 60.7 Å². The molecular weight excluding hydrogens is 392 g/mol. The molecule has 0 radical (unpaired) electrons. The van der Waals surface area contributed by atoms with Crippen LogP contribution < -0.4 is 9.64 Å². The standard InChI is InChI=1S/C25H26N2O4/c1-30-25(29)17-6-4-7-20(11-17)31-23-13-19-15-27(14-18(19)12-22(23)28)24-10-9-16-5-2-3-8-21(16)26-24/h2-11,18-19,22-23,28H,12-15H2,1H3/t18-,19+,22+,23+/m0/s1. The Labute approximate surface area is 181 Å². The first-order chi connectivity index (χ1) is 15.1. The van der Waals surface area contributed by atoms with Crippen LogP contribution in [0, 0.1) is 11.8 Å². The van der Waals surface area contributed by atoms with Crippen molar-refractivity contribution in [3.63, 3.8) is 0 Å². The quantitative estimate of drug-likeness (QED) is 0.652. The van der Waals surface area contributed by atoms with Crippen LogP contribution in [0.3, 0.4) is 0 Å². The summed E-state index contributed by atoms with van der Waals surface area (Å²) in [5.74, 6) is 2.03. The van der Waals surface area contributed by atoms with Crippen LogP contribution in [0.5, 0.6) is 5.75 Å². The number of methoxy groups -OCH3 is 1. The maximum Gasteiger partial charge on any atom is 0.337 e. The van der Waals surface area contributed by atoms with Crippen molar-refractivity contribution >= 4 is 22.7 Å². The Bertz CT molecular complexity index is 1100. The zero-order chi connectivity index (χ0) is 21.4. The Kier molecular flexibility index (Phi) is 5.24. The number of esters is 1. The fourth-order valence-corrected chi connectivity index (χ4v) is 4.92. The van der Waals surface area contributed by atoms with E-state index in [0.717, 1.165) is 36.2 Å². The van der Waals surface area contributed by atoms with Gasteiger partial charge in [0.2, 0.25) is 0 Å². The number of hydrogen-bond acceptors (Lipinski definition) is 6. The zero-order valence-electron chi connectivity index (χ0n) is 17.5. The number of para-hydroxylation sites is 1. The number of nitrogens with zero attached hydrogens (tertiary/aromatic N) is 2. The topological polar surface area (TPSA) is 71.9 Å². The molecule has 1 aromatic heterocycles. The van der Waals surface area contributed by atoms with Crippen LogP contribution in [-0.2, 0) is 4.74 Å². The monoisotopic (exact) mass is 418 g/mol. The SMILES string of the molecule is COC(=O)c1cccc(O[C@@H]2C[C@@H]3CN(c4ccc5ccccc5n4)C[C@@H]3C[C@H]2O)c1. The van der Waals surface area contributed by atoms with Crippen molar-refractivity contribution in [2.75, 3.05) is 25.1 Å². The van der Waals surface area contributed by atoms with Crippen molar-refractivity contribution < 1.29 is 19.4 Å². The molecule has 2 aromatic carbocycles. The van der Waals surface area contributed by atoms with Gasteiger partial charge in [-0.05, 0) is 61.1 Å². The van der Waals surface area contributed by atoms with Crippen molar-refractivity contribution in [2.45, 2.75) is 25.0 Å². The van der Waals surface area contributed by atoms with E-state index in [2.05, 4.69) is 23.1 Å². The van der Waals surface area contributed by atoms with Gasteiger partial charge in [0.1, 0.15) is 17.7 Å². The molecule has 0 amide bonds. The lowest BCUT2D eigenvalue weighted by Gasteiger charge is -2.35. The van der Waals surface area contributed by atoms with Gasteiger partial charge in [-0.3, -0.25) is 0 Å². The number of ether oxygens (including phenoxy) is 2. The molecule has 0 unspecified atom stereocenters. The smallest absolute Gasteiger partial charge is 0.337 e. The first kappa shape index (κ1) is 19.8. The number of aliphatic hydroxyl groups excluding tert-OH is 1. The minimum absolute atomic E-state index is 0.293. The van der Waals surface area contributed by atoms with Gasteiger partial charge >= 0.3 is 5.97 Å². The molecule has 2 fully saturated rings. The number of carbonyl (C=O) groups is 1. The number of pyridine rings is 1. The molecule has 2 heterocycles. The third-order valence-corrected chi connectivity index (χ3v) is 6.54.